The average Bonchev–Trinajstić information content (AvgIpc) is 3.32. The lowest BCUT2D eigenvalue weighted by Crippen LogP contribution is -2.37. The minimum absolute atomic E-state index is 0.282. The van der Waals surface area contributed by atoms with Crippen molar-refractivity contribution in [3.8, 4) is 28.7 Å². The Hall–Kier alpha value is -4.30. The Morgan fingerprint density at radius 3 is 1.88 bits per heavy atom. The summed E-state index contributed by atoms with van der Waals surface area (Å²) in [5.74, 6) is 2.21. The minimum atomic E-state index is -0.943. The van der Waals surface area contributed by atoms with Crippen molar-refractivity contribution < 1.29 is 33.3 Å². The Balaban J connectivity index is 1.34. The monoisotopic (exact) mass is 667 g/mol. The first-order valence-corrected chi connectivity index (χ1v) is 17.5. The Kier molecular flexibility index (Phi) is 9.55. The van der Waals surface area contributed by atoms with Crippen molar-refractivity contribution in [1.29, 1.82) is 0 Å². The molecule has 0 radical (unpaired) electrons. The zero-order chi connectivity index (χ0) is 35.0. The molecule has 8 nitrogen and oxygen atoms in total. The molecule has 49 heavy (non-hydrogen) atoms. The molecule has 3 heterocycles. The highest BCUT2D eigenvalue weighted by Crippen LogP contribution is 2.55. The predicted octanol–water partition coefficient (Wildman–Crippen LogP) is 8.46. The molecule has 1 atom stereocenters. The lowest BCUT2D eigenvalue weighted by Gasteiger charge is -2.42. The van der Waals surface area contributed by atoms with E-state index in [9.17, 15) is 9.59 Å². The van der Waals surface area contributed by atoms with Gasteiger partial charge in [-0.05, 0) is 116 Å². The van der Waals surface area contributed by atoms with Crippen LogP contribution in [0.1, 0.15) is 90.8 Å². The molecule has 1 saturated heterocycles. The van der Waals surface area contributed by atoms with Crippen LogP contribution in [0.15, 0.2) is 60.7 Å². The van der Waals surface area contributed by atoms with Gasteiger partial charge < -0.3 is 23.7 Å². The van der Waals surface area contributed by atoms with E-state index >= 15 is 0 Å². The summed E-state index contributed by atoms with van der Waals surface area (Å²) >= 11 is 0. The van der Waals surface area contributed by atoms with Gasteiger partial charge in [0.2, 0.25) is 0 Å². The predicted molar refractivity (Wildman–Crippen MR) is 190 cm³/mol. The molecule has 0 bridgehead atoms. The largest absolute Gasteiger partial charge is 0.492 e. The molecule has 3 aliphatic rings. The summed E-state index contributed by atoms with van der Waals surface area (Å²) in [5, 5.41) is 0. The summed E-state index contributed by atoms with van der Waals surface area (Å²) in [7, 11) is 0. The molecule has 0 spiro atoms. The van der Waals surface area contributed by atoms with Crippen LogP contribution in [0.5, 0.6) is 28.7 Å². The van der Waals surface area contributed by atoms with Gasteiger partial charge in [-0.1, -0.05) is 25.0 Å². The third-order valence-corrected chi connectivity index (χ3v) is 9.39. The quantitative estimate of drug-likeness (QED) is 0.183. The third kappa shape index (κ3) is 7.49. The van der Waals surface area contributed by atoms with Crippen LogP contribution in [0.2, 0.25) is 0 Å². The number of nitrogens with zero attached hydrogens (tertiary/aromatic N) is 1. The lowest BCUT2D eigenvalue weighted by atomic mass is 9.76. The summed E-state index contributed by atoms with van der Waals surface area (Å²) in [4.78, 5) is 27.9. The minimum Gasteiger partial charge on any atom is -0.492 e. The fourth-order valence-electron chi connectivity index (χ4n) is 6.45. The van der Waals surface area contributed by atoms with Crippen molar-refractivity contribution in [3.05, 3.63) is 77.4 Å². The Labute approximate surface area is 290 Å². The van der Waals surface area contributed by atoms with Gasteiger partial charge in [-0.25, -0.2) is 0 Å². The molecule has 3 aliphatic heterocycles. The van der Waals surface area contributed by atoms with Gasteiger partial charge in [-0.15, -0.1) is 0 Å². The molecule has 3 aromatic rings. The van der Waals surface area contributed by atoms with Crippen molar-refractivity contribution in [1.82, 2.24) is 4.90 Å². The van der Waals surface area contributed by atoms with Crippen molar-refractivity contribution in [2.75, 3.05) is 32.8 Å². The molecule has 0 N–H and O–H groups in total. The second-order valence-electron chi connectivity index (χ2n) is 15.5. The molecular formula is C41H49NO7. The summed E-state index contributed by atoms with van der Waals surface area (Å²) in [6, 6.07) is 19.1. The first-order chi connectivity index (χ1) is 23.2. The molecule has 0 aliphatic carbocycles. The zero-order valence-electron chi connectivity index (χ0n) is 29.9. The zero-order valence-corrected chi connectivity index (χ0v) is 29.9. The summed E-state index contributed by atoms with van der Waals surface area (Å²) < 4.78 is 30.9. The number of fused-ring (bicyclic) bond motifs is 4. The maximum atomic E-state index is 12.7. The molecule has 260 valence electrons. The van der Waals surface area contributed by atoms with Crippen molar-refractivity contribution in [2.45, 2.75) is 79.8 Å². The number of esters is 2. The van der Waals surface area contributed by atoms with Gasteiger partial charge in [-0.2, -0.15) is 0 Å². The maximum Gasteiger partial charge on any atom is 0.316 e. The Morgan fingerprint density at radius 2 is 1.29 bits per heavy atom. The van der Waals surface area contributed by atoms with E-state index in [1.807, 2.05) is 65.8 Å². The second kappa shape index (κ2) is 13.5. The molecule has 3 aromatic carbocycles. The lowest BCUT2D eigenvalue weighted by molar-refractivity contribution is -0.143. The van der Waals surface area contributed by atoms with Gasteiger partial charge in [0.25, 0.3) is 0 Å². The smallest absolute Gasteiger partial charge is 0.316 e. The number of likely N-dealkylation sites (tertiary alicyclic amines) is 1. The van der Waals surface area contributed by atoms with Crippen LogP contribution >= 0.6 is 0 Å². The number of ether oxygens (including phenoxy) is 5. The van der Waals surface area contributed by atoms with Crippen molar-refractivity contribution in [2.24, 2.45) is 10.8 Å². The second-order valence-corrected chi connectivity index (χ2v) is 15.5. The van der Waals surface area contributed by atoms with Crippen LogP contribution in [-0.4, -0.2) is 49.7 Å². The van der Waals surface area contributed by atoms with Gasteiger partial charge in [0, 0.05) is 41.0 Å². The molecular weight excluding hydrogens is 618 g/mol. The number of carbonyl (C=O) groups is 2. The highest BCUT2D eigenvalue weighted by atomic mass is 16.5. The number of benzene rings is 3. The van der Waals surface area contributed by atoms with Crippen LogP contribution in [-0.2, 0) is 15.2 Å². The molecule has 0 amide bonds. The van der Waals surface area contributed by atoms with Crippen LogP contribution in [0.4, 0.5) is 0 Å². The van der Waals surface area contributed by atoms with E-state index in [0.717, 1.165) is 53.2 Å². The molecule has 0 saturated carbocycles. The van der Waals surface area contributed by atoms with Crippen LogP contribution < -0.4 is 23.7 Å². The normalized spacial score (nSPS) is 19.3. The van der Waals surface area contributed by atoms with Gasteiger partial charge in [0.15, 0.2) is 5.60 Å². The standard InChI is InChI=1S/C41H49NO7/c1-39(2,3)37(43)47-29-17-19-32-34(24-29)46-26-33-31-18-16-30(48-38(44)40(4,5)6)25-35(31)49-41(7,36(32)33)27-12-14-28(15-13-27)45-23-22-42-20-10-8-9-11-21-42/h12-19,24-25H,8-11,20-23,26H2,1-7H3. The van der Waals surface area contributed by atoms with E-state index in [0.29, 0.717) is 29.6 Å². The van der Waals surface area contributed by atoms with E-state index in [-0.39, 0.29) is 18.5 Å². The highest BCUT2D eigenvalue weighted by molar-refractivity contribution is 6.01. The molecule has 6 rings (SSSR count). The maximum absolute atomic E-state index is 12.7. The fourth-order valence-corrected chi connectivity index (χ4v) is 6.45. The SMILES string of the molecule is CC(C)(C)C(=O)Oc1ccc2c(c1)OC(C)(c1ccc(OCCN3CCCCCC3)cc1)C1=C2COc2cc(OC(=O)C(C)(C)C)ccc21. The molecule has 8 heteroatoms. The summed E-state index contributed by atoms with van der Waals surface area (Å²) in [6.07, 6.45) is 5.14. The molecule has 0 aromatic heterocycles. The van der Waals surface area contributed by atoms with Crippen LogP contribution in [0, 0.1) is 10.8 Å². The van der Waals surface area contributed by atoms with Crippen molar-refractivity contribution in [3.63, 3.8) is 0 Å². The Morgan fingerprint density at radius 1 is 0.735 bits per heavy atom. The molecule has 1 unspecified atom stereocenters. The van der Waals surface area contributed by atoms with E-state index in [4.69, 9.17) is 23.7 Å². The van der Waals surface area contributed by atoms with Gasteiger partial charge >= 0.3 is 11.9 Å². The third-order valence-electron chi connectivity index (χ3n) is 9.39. The number of rotatable bonds is 7. The van der Waals surface area contributed by atoms with Gasteiger partial charge in [0.05, 0.1) is 10.8 Å². The van der Waals surface area contributed by atoms with Crippen LogP contribution in [0.3, 0.4) is 0 Å². The first kappa shape index (κ1) is 34.6. The molecule has 1 fully saturated rings. The summed E-state index contributed by atoms with van der Waals surface area (Å²) in [5.41, 5.74) is 2.34. The fraction of sp³-hybridized carbons (Fsp3) is 0.463. The van der Waals surface area contributed by atoms with Crippen LogP contribution in [0.25, 0.3) is 11.1 Å². The van der Waals surface area contributed by atoms with Gasteiger partial charge in [0.1, 0.15) is 42.0 Å². The van der Waals surface area contributed by atoms with Crippen molar-refractivity contribution >= 4 is 23.1 Å². The highest BCUT2D eigenvalue weighted by Gasteiger charge is 2.44. The number of hydrogen-bond donors (Lipinski definition) is 0. The Bertz CT molecular complexity index is 1740. The topological polar surface area (TPSA) is 83.5 Å². The number of carbonyl (C=O) groups excluding carboxylic acids is 2. The number of hydrogen-bond acceptors (Lipinski definition) is 8. The van der Waals surface area contributed by atoms with E-state index in [1.165, 1.54) is 25.7 Å². The van der Waals surface area contributed by atoms with Gasteiger partial charge in [-0.3, -0.25) is 14.5 Å². The first-order valence-electron chi connectivity index (χ1n) is 17.5. The van der Waals surface area contributed by atoms with E-state index in [1.54, 1.807) is 24.3 Å². The summed E-state index contributed by atoms with van der Waals surface area (Å²) in [6.45, 7) is 17.1. The van der Waals surface area contributed by atoms with E-state index < -0.39 is 16.4 Å². The van der Waals surface area contributed by atoms with E-state index in [2.05, 4.69) is 24.0 Å². The average molecular weight is 668 g/mol.